The SMILES string of the molecule is CCCC(C)(CNCC)CC1CCC(C)(C)O1. The van der Waals surface area contributed by atoms with E-state index < -0.39 is 0 Å². The molecule has 1 rings (SSSR count). The Morgan fingerprint density at radius 2 is 2.06 bits per heavy atom. The highest BCUT2D eigenvalue weighted by molar-refractivity contribution is 4.87. The van der Waals surface area contributed by atoms with Crippen LogP contribution in [0, 0.1) is 5.41 Å². The van der Waals surface area contributed by atoms with E-state index >= 15 is 0 Å². The van der Waals surface area contributed by atoms with E-state index in [2.05, 4.69) is 39.9 Å². The second kappa shape index (κ2) is 6.19. The monoisotopic (exact) mass is 241 g/mol. The molecule has 1 heterocycles. The third kappa shape index (κ3) is 4.97. The van der Waals surface area contributed by atoms with Gasteiger partial charge in [0.15, 0.2) is 0 Å². The van der Waals surface area contributed by atoms with Gasteiger partial charge in [-0.15, -0.1) is 0 Å². The Hall–Kier alpha value is -0.0800. The molecule has 1 N–H and O–H groups in total. The molecule has 0 spiro atoms. The van der Waals surface area contributed by atoms with Crippen molar-refractivity contribution in [1.29, 1.82) is 0 Å². The molecule has 1 fully saturated rings. The van der Waals surface area contributed by atoms with Gasteiger partial charge in [-0.25, -0.2) is 0 Å². The molecule has 0 aromatic heterocycles. The molecular weight excluding hydrogens is 210 g/mol. The van der Waals surface area contributed by atoms with E-state index in [1.54, 1.807) is 0 Å². The molecule has 1 aliphatic heterocycles. The number of hydrogen-bond donors (Lipinski definition) is 1. The maximum absolute atomic E-state index is 6.14. The molecule has 1 saturated heterocycles. The molecule has 2 atom stereocenters. The lowest BCUT2D eigenvalue weighted by Gasteiger charge is -2.33. The van der Waals surface area contributed by atoms with Crippen molar-refractivity contribution < 1.29 is 4.74 Å². The highest BCUT2D eigenvalue weighted by Crippen LogP contribution is 2.37. The van der Waals surface area contributed by atoms with Crippen molar-refractivity contribution in [3.8, 4) is 0 Å². The summed E-state index contributed by atoms with van der Waals surface area (Å²) in [5.41, 5.74) is 0.506. The Bertz CT molecular complexity index is 227. The van der Waals surface area contributed by atoms with E-state index in [0.717, 1.165) is 13.1 Å². The smallest absolute Gasteiger partial charge is 0.0631 e. The van der Waals surface area contributed by atoms with Crippen molar-refractivity contribution in [3.05, 3.63) is 0 Å². The third-order valence-electron chi connectivity index (χ3n) is 3.93. The van der Waals surface area contributed by atoms with Gasteiger partial charge in [0, 0.05) is 6.54 Å². The second-order valence-corrected chi connectivity index (χ2v) is 6.58. The normalized spacial score (nSPS) is 27.0. The van der Waals surface area contributed by atoms with E-state index in [9.17, 15) is 0 Å². The van der Waals surface area contributed by atoms with Crippen LogP contribution < -0.4 is 5.32 Å². The fourth-order valence-electron chi connectivity index (χ4n) is 3.06. The van der Waals surface area contributed by atoms with Crippen LogP contribution in [0.2, 0.25) is 0 Å². The molecule has 0 aromatic rings. The molecule has 0 aliphatic carbocycles. The second-order valence-electron chi connectivity index (χ2n) is 6.58. The Morgan fingerprint density at radius 1 is 1.35 bits per heavy atom. The predicted octanol–water partition coefficient (Wildman–Crippen LogP) is 3.75. The first kappa shape index (κ1) is 15.0. The minimum absolute atomic E-state index is 0.107. The van der Waals surface area contributed by atoms with Gasteiger partial charge in [-0.05, 0) is 51.5 Å². The molecule has 0 amide bonds. The standard InChI is InChI=1S/C15H31NO/c1-6-9-15(5,12-16-7-2)11-13-8-10-14(3,4)17-13/h13,16H,6-12H2,1-5H3. The average molecular weight is 241 g/mol. The van der Waals surface area contributed by atoms with Crippen molar-refractivity contribution in [2.75, 3.05) is 13.1 Å². The van der Waals surface area contributed by atoms with Gasteiger partial charge in [0.2, 0.25) is 0 Å². The van der Waals surface area contributed by atoms with E-state index in [0.29, 0.717) is 11.5 Å². The Kier molecular flexibility index (Phi) is 5.46. The zero-order chi connectivity index (χ0) is 12.9. The fraction of sp³-hybridized carbons (Fsp3) is 1.00. The fourth-order valence-corrected chi connectivity index (χ4v) is 3.06. The first-order chi connectivity index (χ1) is 7.91. The lowest BCUT2D eigenvalue weighted by molar-refractivity contribution is -0.0346. The van der Waals surface area contributed by atoms with Crippen molar-refractivity contribution in [1.82, 2.24) is 5.32 Å². The highest BCUT2D eigenvalue weighted by Gasteiger charge is 2.36. The van der Waals surface area contributed by atoms with Crippen molar-refractivity contribution >= 4 is 0 Å². The van der Waals surface area contributed by atoms with Gasteiger partial charge in [0.1, 0.15) is 0 Å². The molecule has 2 unspecified atom stereocenters. The van der Waals surface area contributed by atoms with E-state index in [-0.39, 0.29) is 5.60 Å². The Morgan fingerprint density at radius 3 is 2.53 bits per heavy atom. The summed E-state index contributed by atoms with van der Waals surface area (Å²) >= 11 is 0. The summed E-state index contributed by atoms with van der Waals surface area (Å²) in [6, 6.07) is 0. The Labute approximate surface area is 108 Å². The van der Waals surface area contributed by atoms with Gasteiger partial charge in [-0.3, -0.25) is 0 Å². The van der Waals surface area contributed by atoms with Crippen LogP contribution in [0.5, 0.6) is 0 Å². The van der Waals surface area contributed by atoms with Gasteiger partial charge >= 0.3 is 0 Å². The molecule has 0 saturated carbocycles. The summed E-state index contributed by atoms with van der Waals surface area (Å²) in [4.78, 5) is 0. The molecule has 1 aliphatic rings. The van der Waals surface area contributed by atoms with Crippen molar-refractivity contribution in [2.24, 2.45) is 5.41 Å². The zero-order valence-corrected chi connectivity index (χ0v) is 12.4. The molecule has 0 aromatic carbocycles. The Balaban J connectivity index is 2.48. The van der Waals surface area contributed by atoms with E-state index in [1.165, 1.54) is 32.1 Å². The molecule has 0 bridgehead atoms. The summed E-state index contributed by atoms with van der Waals surface area (Å²) in [5, 5.41) is 3.51. The summed E-state index contributed by atoms with van der Waals surface area (Å²) in [6.45, 7) is 13.5. The lowest BCUT2D eigenvalue weighted by Crippen LogP contribution is -2.35. The van der Waals surface area contributed by atoms with Gasteiger partial charge in [0.25, 0.3) is 0 Å². The van der Waals surface area contributed by atoms with Crippen LogP contribution in [0.1, 0.15) is 66.7 Å². The van der Waals surface area contributed by atoms with Gasteiger partial charge < -0.3 is 10.1 Å². The molecule has 2 nitrogen and oxygen atoms in total. The predicted molar refractivity (Wildman–Crippen MR) is 74.4 cm³/mol. The van der Waals surface area contributed by atoms with E-state index in [4.69, 9.17) is 4.74 Å². The van der Waals surface area contributed by atoms with Crippen LogP contribution in [0.15, 0.2) is 0 Å². The quantitative estimate of drug-likeness (QED) is 0.733. The van der Waals surface area contributed by atoms with Gasteiger partial charge in [-0.2, -0.15) is 0 Å². The van der Waals surface area contributed by atoms with Crippen LogP contribution in [-0.2, 0) is 4.74 Å². The van der Waals surface area contributed by atoms with Gasteiger partial charge in [-0.1, -0.05) is 27.2 Å². The minimum atomic E-state index is 0.107. The number of rotatable bonds is 7. The topological polar surface area (TPSA) is 21.3 Å². The largest absolute Gasteiger partial charge is 0.372 e. The molecule has 0 radical (unpaired) electrons. The number of hydrogen-bond acceptors (Lipinski definition) is 2. The van der Waals surface area contributed by atoms with Crippen LogP contribution in [0.4, 0.5) is 0 Å². The highest BCUT2D eigenvalue weighted by atomic mass is 16.5. The zero-order valence-electron chi connectivity index (χ0n) is 12.4. The summed E-state index contributed by atoms with van der Waals surface area (Å²) in [6.07, 6.45) is 6.68. The third-order valence-corrected chi connectivity index (χ3v) is 3.93. The molecule has 102 valence electrons. The van der Waals surface area contributed by atoms with Crippen LogP contribution >= 0.6 is 0 Å². The summed E-state index contributed by atoms with van der Waals surface area (Å²) < 4.78 is 6.14. The minimum Gasteiger partial charge on any atom is -0.372 e. The summed E-state index contributed by atoms with van der Waals surface area (Å²) in [7, 11) is 0. The van der Waals surface area contributed by atoms with Crippen molar-refractivity contribution in [2.45, 2.75) is 78.4 Å². The first-order valence-corrected chi connectivity index (χ1v) is 7.29. The van der Waals surface area contributed by atoms with Crippen molar-refractivity contribution in [3.63, 3.8) is 0 Å². The molecule has 2 heteroatoms. The number of ether oxygens (including phenoxy) is 1. The molecular formula is C15H31NO. The number of nitrogens with one attached hydrogen (secondary N) is 1. The van der Waals surface area contributed by atoms with Crippen LogP contribution in [0.25, 0.3) is 0 Å². The average Bonchev–Trinajstić information content (AvgIpc) is 2.55. The maximum Gasteiger partial charge on any atom is 0.0631 e. The maximum atomic E-state index is 6.14. The lowest BCUT2D eigenvalue weighted by atomic mass is 9.79. The van der Waals surface area contributed by atoms with Gasteiger partial charge in [0.05, 0.1) is 11.7 Å². The summed E-state index contributed by atoms with van der Waals surface area (Å²) in [5.74, 6) is 0. The molecule has 17 heavy (non-hydrogen) atoms. The van der Waals surface area contributed by atoms with E-state index in [1.807, 2.05) is 0 Å². The van der Waals surface area contributed by atoms with Crippen LogP contribution in [-0.4, -0.2) is 24.8 Å². The van der Waals surface area contributed by atoms with Crippen LogP contribution in [0.3, 0.4) is 0 Å². The first-order valence-electron chi connectivity index (χ1n) is 7.29.